The van der Waals surface area contributed by atoms with Crippen molar-refractivity contribution in [2.45, 2.75) is 33.2 Å². The molecule has 0 aromatic heterocycles. The second-order valence-corrected chi connectivity index (χ2v) is 7.10. The molecule has 1 aliphatic heterocycles. The minimum atomic E-state index is -0.328. The molecule has 1 fully saturated rings. The van der Waals surface area contributed by atoms with Crippen LogP contribution >= 0.6 is 0 Å². The van der Waals surface area contributed by atoms with Gasteiger partial charge in [0.05, 0.1) is 4.92 Å². The molecule has 0 bridgehead atoms. The first kappa shape index (κ1) is 18.3. The first-order valence-corrected chi connectivity index (χ1v) is 9.02. The molecule has 2 aromatic carbocycles. The molecular formula is C21H24N2O3. The van der Waals surface area contributed by atoms with Gasteiger partial charge in [-0.05, 0) is 45.3 Å². The van der Waals surface area contributed by atoms with Crippen LogP contribution in [0.15, 0.2) is 42.5 Å². The quantitative estimate of drug-likeness (QED) is 0.457. The van der Waals surface area contributed by atoms with Gasteiger partial charge in [-0.3, -0.25) is 19.8 Å². The Balaban J connectivity index is 1.61. The number of aryl methyl sites for hydroxylation is 1. The third-order valence-corrected chi connectivity index (χ3v) is 5.30. The molecule has 0 atom stereocenters. The van der Waals surface area contributed by atoms with Crippen molar-refractivity contribution in [3.05, 3.63) is 74.8 Å². The maximum absolute atomic E-state index is 12.7. The first-order chi connectivity index (χ1) is 12.5. The van der Waals surface area contributed by atoms with Crippen molar-refractivity contribution >= 4 is 11.5 Å². The number of nitrogens with zero attached hydrogens (tertiary/aromatic N) is 2. The summed E-state index contributed by atoms with van der Waals surface area (Å²) in [5, 5.41) is 11.1. The SMILES string of the molecule is Cc1ccc(C(=O)C2CCN(Cc3cccc([N+](=O)[O-])c3C)CC2)cc1. The number of likely N-dealkylation sites (tertiary alicyclic amines) is 1. The number of ketones is 1. The second kappa shape index (κ2) is 7.79. The Morgan fingerprint density at radius 1 is 1.12 bits per heavy atom. The minimum Gasteiger partial charge on any atom is -0.299 e. The normalized spacial score (nSPS) is 15.8. The molecule has 2 aromatic rings. The number of carbonyl (C=O) groups is 1. The van der Waals surface area contributed by atoms with Gasteiger partial charge >= 0.3 is 0 Å². The molecule has 5 heteroatoms. The zero-order chi connectivity index (χ0) is 18.7. The summed E-state index contributed by atoms with van der Waals surface area (Å²) in [4.78, 5) is 25.7. The molecule has 5 nitrogen and oxygen atoms in total. The van der Waals surface area contributed by atoms with Crippen LogP contribution in [0.2, 0.25) is 0 Å². The molecule has 3 rings (SSSR count). The van der Waals surface area contributed by atoms with Gasteiger partial charge in [0.1, 0.15) is 0 Å². The number of hydrogen-bond donors (Lipinski definition) is 0. The van der Waals surface area contributed by atoms with Crippen molar-refractivity contribution in [1.29, 1.82) is 0 Å². The Kier molecular flexibility index (Phi) is 5.47. The summed E-state index contributed by atoms with van der Waals surface area (Å²) >= 11 is 0. The van der Waals surface area contributed by atoms with E-state index in [0.29, 0.717) is 6.54 Å². The van der Waals surface area contributed by atoms with Crippen LogP contribution in [-0.2, 0) is 6.54 Å². The van der Waals surface area contributed by atoms with Crippen LogP contribution in [0.4, 0.5) is 5.69 Å². The second-order valence-electron chi connectivity index (χ2n) is 7.10. The van der Waals surface area contributed by atoms with E-state index in [4.69, 9.17) is 0 Å². The van der Waals surface area contributed by atoms with E-state index in [1.165, 1.54) is 0 Å². The molecule has 1 saturated heterocycles. The van der Waals surface area contributed by atoms with Crippen molar-refractivity contribution in [2.24, 2.45) is 5.92 Å². The number of nitro benzene ring substituents is 1. The number of benzene rings is 2. The van der Waals surface area contributed by atoms with Gasteiger partial charge < -0.3 is 0 Å². The Hall–Kier alpha value is -2.53. The lowest BCUT2D eigenvalue weighted by molar-refractivity contribution is -0.385. The maximum Gasteiger partial charge on any atom is 0.272 e. The molecule has 0 saturated carbocycles. The highest BCUT2D eigenvalue weighted by molar-refractivity contribution is 5.97. The maximum atomic E-state index is 12.7. The van der Waals surface area contributed by atoms with Gasteiger partial charge in [-0.2, -0.15) is 0 Å². The van der Waals surface area contributed by atoms with Gasteiger partial charge in [0, 0.05) is 29.7 Å². The van der Waals surface area contributed by atoms with Crippen LogP contribution < -0.4 is 0 Å². The van der Waals surface area contributed by atoms with Gasteiger partial charge in [0.25, 0.3) is 5.69 Å². The van der Waals surface area contributed by atoms with Crippen LogP contribution in [0.3, 0.4) is 0 Å². The van der Waals surface area contributed by atoms with Gasteiger partial charge in [0.2, 0.25) is 0 Å². The lowest BCUT2D eigenvalue weighted by atomic mass is 9.88. The predicted molar refractivity (Wildman–Crippen MR) is 101 cm³/mol. The van der Waals surface area contributed by atoms with Crippen molar-refractivity contribution in [3.8, 4) is 0 Å². The Labute approximate surface area is 153 Å². The van der Waals surface area contributed by atoms with Crippen LogP contribution in [0.1, 0.15) is 39.9 Å². The van der Waals surface area contributed by atoms with E-state index in [-0.39, 0.29) is 22.3 Å². The molecule has 136 valence electrons. The van der Waals surface area contributed by atoms with E-state index in [0.717, 1.165) is 48.2 Å². The summed E-state index contributed by atoms with van der Waals surface area (Å²) in [6, 6.07) is 13.0. The third-order valence-electron chi connectivity index (χ3n) is 5.30. The minimum absolute atomic E-state index is 0.0696. The summed E-state index contributed by atoms with van der Waals surface area (Å²) in [5.41, 5.74) is 3.84. The number of carbonyl (C=O) groups excluding carboxylic acids is 1. The largest absolute Gasteiger partial charge is 0.299 e. The topological polar surface area (TPSA) is 63.5 Å². The van der Waals surface area contributed by atoms with E-state index in [1.807, 2.05) is 37.3 Å². The first-order valence-electron chi connectivity index (χ1n) is 9.02. The van der Waals surface area contributed by atoms with Gasteiger partial charge in [-0.15, -0.1) is 0 Å². The van der Waals surface area contributed by atoms with Crippen LogP contribution in [0.5, 0.6) is 0 Å². The fraction of sp³-hybridized carbons (Fsp3) is 0.381. The van der Waals surface area contributed by atoms with Gasteiger partial charge in [0.15, 0.2) is 5.78 Å². The lowest BCUT2D eigenvalue weighted by Gasteiger charge is -2.31. The van der Waals surface area contributed by atoms with Crippen LogP contribution in [0.25, 0.3) is 0 Å². The average molecular weight is 352 g/mol. The number of rotatable bonds is 5. The summed E-state index contributed by atoms with van der Waals surface area (Å²) in [6.45, 7) is 6.19. The highest BCUT2D eigenvalue weighted by Crippen LogP contribution is 2.26. The molecule has 1 heterocycles. The number of Topliss-reactive ketones (excluding diaryl/α,β-unsaturated/α-hetero) is 1. The van der Waals surface area contributed by atoms with Gasteiger partial charge in [-0.25, -0.2) is 0 Å². The van der Waals surface area contributed by atoms with Crippen molar-refractivity contribution in [2.75, 3.05) is 13.1 Å². The standard InChI is InChI=1S/C21H24N2O3/c1-15-6-8-17(9-7-15)21(24)18-10-12-22(13-11-18)14-19-4-3-5-20(16(19)2)23(25)26/h3-9,18H,10-14H2,1-2H3. The smallest absolute Gasteiger partial charge is 0.272 e. The van der Waals surface area contributed by atoms with Crippen molar-refractivity contribution in [1.82, 2.24) is 4.90 Å². The fourth-order valence-electron chi connectivity index (χ4n) is 3.59. The van der Waals surface area contributed by atoms with Crippen molar-refractivity contribution < 1.29 is 9.72 Å². The van der Waals surface area contributed by atoms with E-state index in [2.05, 4.69) is 4.90 Å². The molecule has 26 heavy (non-hydrogen) atoms. The Morgan fingerprint density at radius 3 is 2.38 bits per heavy atom. The van der Waals surface area contributed by atoms with E-state index < -0.39 is 0 Å². The van der Waals surface area contributed by atoms with E-state index in [1.54, 1.807) is 19.1 Å². The summed E-state index contributed by atoms with van der Waals surface area (Å²) in [5.74, 6) is 0.302. The Bertz CT molecular complexity index is 807. The van der Waals surface area contributed by atoms with Crippen molar-refractivity contribution in [3.63, 3.8) is 0 Å². The highest BCUT2D eigenvalue weighted by atomic mass is 16.6. The monoisotopic (exact) mass is 352 g/mol. The lowest BCUT2D eigenvalue weighted by Crippen LogP contribution is -2.36. The molecule has 0 unspecified atom stereocenters. The van der Waals surface area contributed by atoms with E-state index in [9.17, 15) is 14.9 Å². The third kappa shape index (κ3) is 3.99. The number of hydrogen-bond acceptors (Lipinski definition) is 4. The molecule has 0 radical (unpaired) electrons. The molecule has 0 N–H and O–H groups in total. The van der Waals surface area contributed by atoms with Gasteiger partial charge in [-0.1, -0.05) is 42.0 Å². The molecule has 0 amide bonds. The molecule has 0 aliphatic carbocycles. The zero-order valence-electron chi connectivity index (χ0n) is 15.3. The Morgan fingerprint density at radius 2 is 1.77 bits per heavy atom. The van der Waals surface area contributed by atoms with Crippen LogP contribution in [-0.4, -0.2) is 28.7 Å². The average Bonchev–Trinajstić information content (AvgIpc) is 2.64. The van der Waals surface area contributed by atoms with E-state index >= 15 is 0 Å². The predicted octanol–water partition coefficient (Wildman–Crippen LogP) is 4.31. The highest BCUT2D eigenvalue weighted by Gasteiger charge is 2.26. The fourth-order valence-corrected chi connectivity index (χ4v) is 3.59. The van der Waals surface area contributed by atoms with Crippen LogP contribution in [0, 0.1) is 29.9 Å². The molecular weight excluding hydrogens is 328 g/mol. The zero-order valence-corrected chi connectivity index (χ0v) is 15.3. The molecule has 0 spiro atoms. The number of piperidine rings is 1. The molecule has 1 aliphatic rings. The summed E-state index contributed by atoms with van der Waals surface area (Å²) in [7, 11) is 0. The summed E-state index contributed by atoms with van der Waals surface area (Å²) in [6.07, 6.45) is 1.67. The summed E-state index contributed by atoms with van der Waals surface area (Å²) < 4.78 is 0. The number of nitro groups is 1.